The van der Waals surface area contributed by atoms with Crippen molar-refractivity contribution in [1.29, 1.82) is 0 Å². The summed E-state index contributed by atoms with van der Waals surface area (Å²) < 4.78 is 15.3. The summed E-state index contributed by atoms with van der Waals surface area (Å²) in [4.78, 5) is 11.8. The minimum Gasteiger partial charge on any atom is -0.465 e. The standard InChI is InChI=1S/C16H17FN2O2/c1-19(15(20)21)16(17,14-10-6-3-7-11-14)18-12-13-8-4-2-5-9-13/h2-11,18H,12H2,1H3,(H,20,21). The lowest BCUT2D eigenvalue weighted by Gasteiger charge is -2.34. The number of halogens is 1. The molecule has 0 saturated carbocycles. The number of nitrogens with zero attached hydrogens (tertiary/aromatic N) is 1. The summed E-state index contributed by atoms with van der Waals surface area (Å²) in [5.41, 5.74) is 1.11. The molecule has 0 aromatic heterocycles. The van der Waals surface area contributed by atoms with Crippen LogP contribution in [0.2, 0.25) is 0 Å². The molecule has 5 heteroatoms. The molecule has 0 aliphatic carbocycles. The van der Waals surface area contributed by atoms with Gasteiger partial charge in [-0.1, -0.05) is 60.7 Å². The lowest BCUT2D eigenvalue weighted by Crippen LogP contribution is -2.53. The Morgan fingerprint density at radius 3 is 2.19 bits per heavy atom. The van der Waals surface area contributed by atoms with E-state index in [1.54, 1.807) is 30.3 Å². The summed E-state index contributed by atoms with van der Waals surface area (Å²) >= 11 is 0. The quantitative estimate of drug-likeness (QED) is 0.656. The molecule has 1 amide bonds. The molecule has 2 rings (SSSR count). The topological polar surface area (TPSA) is 52.6 Å². The number of rotatable bonds is 5. The first kappa shape index (κ1) is 15.0. The van der Waals surface area contributed by atoms with E-state index in [0.717, 1.165) is 5.56 Å². The second kappa shape index (κ2) is 6.37. The van der Waals surface area contributed by atoms with Gasteiger partial charge in [0, 0.05) is 19.2 Å². The van der Waals surface area contributed by atoms with Gasteiger partial charge in [0.2, 0.25) is 0 Å². The van der Waals surface area contributed by atoms with E-state index < -0.39 is 12.0 Å². The fourth-order valence-corrected chi connectivity index (χ4v) is 2.02. The number of alkyl halides is 1. The van der Waals surface area contributed by atoms with Crippen molar-refractivity contribution >= 4 is 6.09 Å². The predicted octanol–water partition coefficient (Wildman–Crippen LogP) is 3.17. The Balaban J connectivity index is 2.26. The maximum absolute atomic E-state index is 15.3. The third kappa shape index (κ3) is 3.38. The molecule has 0 spiro atoms. The van der Waals surface area contributed by atoms with Gasteiger partial charge in [-0.2, -0.15) is 4.39 Å². The van der Waals surface area contributed by atoms with Gasteiger partial charge >= 0.3 is 6.09 Å². The fourth-order valence-electron chi connectivity index (χ4n) is 2.02. The van der Waals surface area contributed by atoms with Crippen LogP contribution in [0.25, 0.3) is 0 Å². The molecule has 0 saturated heterocycles. The van der Waals surface area contributed by atoms with Crippen molar-refractivity contribution in [3.8, 4) is 0 Å². The number of hydrogen-bond donors (Lipinski definition) is 2. The lowest BCUT2D eigenvalue weighted by molar-refractivity contribution is -0.0410. The van der Waals surface area contributed by atoms with E-state index >= 15 is 4.39 Å². The van der Waals surface area contributed by atoms with Gasteiger partial charge in [-0.05, 0) is 5.56 Å². The van der Waals surface area contributed by atoms with Gasteiger partial charge in [-0.3, -0.25) is 10.2 Å². The highest BCUT2D eigenvalue weighted by Gasteiger charge is 2.39. The first-order chi connectivity index (χ1) is 10.0. The maximum Gasteiger partial charge on any atom is 0.410 e. The van der Waals surface area contributed by atoms with Crippen LogP contribution in [0.4, 0.5) is 9.18 Å². The van der Waals surface area contributed by atoms with Crippen LogP contribution < -0.4 is 5.32 Å². The highest BCUT2D eigenvalue weighted by molar-refractivity contribution is 5.65. The lowest BCUT2D eigenvalue weighted by atomic mass is 10.1. The molecule has 0 bridgehead atoms. The van der Waals surface area contributed by atoms with Crippen LogP contribution in [-0.4, -0.2) is 23.1 Å². The minimum atomic E-state index is -2.29. The Bertz CT molecular complexity index is 592. The molecule has 2 N–H and O–H groups in total. The van der Waals surface area contributed by atoms with Crippen molar-refractivity contribution < 1.29 is 14.3 Å². The smallest absolute Gasteiger partial charge is 0.410 e. The molecular formula is C16H17FN2O2. The summed E-state index contributed by atoms with van der Waals surface area (Å²) in [5.74, 6) is -2.29. The number of nitrogens with one attached hydrogen (secondary N) is 1. The molecule has 2 aromatic rings. The molecule has 1 unspecified atom stereocenters. The Kier molecular flexibility index (Phi) is 4.55. The zero-order chi connectivity index (χ0) is 15.3. The number of carboxylic acid groups (broad SMARTS) is 1. The van der Waals surface area contributed by atoms with Crippen LogP contribution in [0.1, 0.15) is 11.1 Å². The number of hydrogen-bond acceptors (Lipinski definition) is 2. The van der Waals surface area contributed by atoms with E-state index in [1.807, 2.05) is 30.3 Å². The van der Waals surface area contributed by atoms with Crippen LogP contribution in [-0.2, 0) is 12.5 Å². The summed E-state index contributed by atoms with van der Waals surface area (Å²) in [6.07, 6.45) is -1.35. The summed E-state index contributed by atoms with van der Waals surface area (Å²) in [6.45, 7) is 0.212. The Hall–Kier alpha value is -2.40. The minimum absolute atomic E-state index is 0.212. The molecule has 2 aromatic carbocycles. The molecule has 0 aliphatic rings. The van der Waals surface area contributed by atoms with Crippen molar-refractivity contribution in [3.63, 3.8) is 0 Å². The molecule has 0 heterocycles. The predicted molar refractivity (Wildman–Crippen MR) is 78.3 cm³/mol. The molecule has 21 heavy (non-hydrogen) atoms. The average Bonchev–Trinajstić information content (AvgIpc) is 2.53. The van der Waals surface area contributed by atoms with Crippen molar-refractivity contribution in [3.05, 3.63) is 71.8 Å². The third-order valence-corrected chi connectivity index (χ3v) is 3.28. The average molecular weight is 288 g/mol. The second-order valence-electron chi connectivity index (χ2n) is 4.67. The second-order valence-corrected chi connectivity index (χ2v) is 4.67. The summed E-state index contributed by atoms with van der Waals surface area (Å²) in [7, 11) is 1.20. The molecule has 110 valence electrons. The van der Waals surface area contributed by atoms with Crippen molar-refractivity contribution in [2.75, 3.05) is 7.05 Å². The van der Waals surface area contributed by atoms with Crippen LogP contribution in [0.15, 0.2) is 60.7 Å². The first-order valence-electron chi connectivity index (χ1n) is 6.54. The van der Waals surface area contributed by atoms with E-state index in [4.69, 9.17) is 5.11 Å². The van der Waals surface area contributed by atoms with Crippen molar-refractivity contribution in [2.45, 2.75) is 12.5 Å². The van der Waals surface area contributed by atoms with E-state index in [2.05, 4.69) is 5.32 Å². The fraction of sp³-hybridized carbons (Fsp3) is 0.188. The van der Waals surface area contributed by atoms with Gasteiger partial charge in [-0.25, -0.2) is 4.79 Å². The van der Waals surface area contributed by atoms with Crippen molar-refractivity contribution in [2.24, 2.45) is 0 Å². The highest BCUT2D eigenvalue weighted by atomic mass is 19.1. The monoisotopic (exact) mass is 288 g/mol. The van der Waals surface area contributed by atoms with Gasteiger partial charge < -0.3 is 5.11 Å². The first-order valence-corrected chi connectivity index (χ1v) is 6.54. The summed E-state index contributed by atoms with van der Waals surface area (Å²) in [6, 6.07) is 17.5. The van der Waals surface area contributed by atoms with E-state index in [1.165, 1.54) is 7.05 Å². The molecule has 4 nitrogen and oxygen atoms in total. The van der Waals surface area contributed by atoms with Gasteiger partial charge in [0.05, 0.1) is 0 Å². The molecule has 0 aliphatic heterocycles. The van der Waals surface area contributed by atoms with Crippen LogP contribution >= 0.6 is 0 Å². The molecule has 0 radical (unpaired) electrons. The van der Waals surface area contributed by atoms with Crippen LogP contribution in [0.3, 0.4) is 0 Å². The van der Waals surface area contributed by atoms with Gasteiger partial charge in [0.15, 0.2) is 0 Å². The molecule has 0 fully saturated rings. The van der Waals surface area contributed by atoms with Crippen LogP contribution in [0, 0.1) is 0 Å². The SMILES string of the molecule is CN(C(=O)O)C(F)(NCc1ccccc1)c1ccccc1. The van der Waals surface area contributed by atoms with Crippen LogP contribution in [0.5, 0.6) is 0 Å². The van der Waals surface area contributed by atoms with E-state index in [9.17, 15) is 4.79 Å². The van der Waals surface area contributed by atoms with E-state index in [-0.39, 0.29) is 12.1 Å². The number of amides is 1. The largest absolute Gasteiger partial charge is 0.465 e. The Labute approximate surface area is 122 Å². The molecule has 1 atom stereocenters. The zero-order valence-corrected chi connectivity index (χ0v) is 11.7. The van der Waals surface area contributed by atoms with Crippen molar-refractivity contribution in [1.82, 2.24) is 10.2 Å². The Morgan fingerprint density at radius 1 is 1.14 bits per heavy atom. The van der Waals surface area contributed by atoms with Gasteiger partial charge in [0.25, 0.3) is 5.92 Å². The highest BCUT2D eigenvalue weighted by Crippen LogP contribution is 2.27. The molecular weight excluding hydrogens is 271 g/mol. The maximum atomic E-state index is 15.3. The third-order valence-electron chi connectivity index (χ3n) is 3.28. The Morgan fingerprint density at radius 2 is 1.67 bits per heavy atom. The van der Waals surface area contributed by atoms with E-state index in [0.29, 0.717) is 4.90 Å². The zero-order valence-electron chi connectivity index (χ0n) is 11.7. The summed E-state index contributed by atoms with van der Waals surface area (Å²) in [5, 5.41) is 11.8. The number of benzene rings is 2. The normalized spacial score (nSPS) is 13.4. The van der Waals surface area contributed by atoms with Gasteiger partial charge in [-0.15, -0.1) is 0 Å². The number of carbonyl (C=O) groups is 1. The van der Waals surface area contributed by atoms with Gasteiger partial charge in [0.1, 0.15) is 0 Å².